The van der Waals surface area contributed by atoms with Gasteiger partial charge in [0.2, 0.25) is 0 Å². The van der Waals surface area contributed by atoms with Crippen molar-refractivity contribution in [2.45, 2.75) is 44.7 Å². The SMILES string of the molecule is C=CCC(CCCCC)[PH](=O)O. The van der Waals surface area contributed by atoms with Crippen LogP contribution in [0.4, 0.5) is 0 Å². The zero-order valence-electron chi connectivity index (χ0n) is 7.75. The molecular weight excluding hydrogens is 171 g/mol. The highest BCUT2D eigenvalue weighted by Gasteiger charge is 2.11. The van der Waals surface area contributed by atoms with Crippen molar-refractivity contribution in [3.63, 3.8) is 0 Å². The molecule has 0 aliphatic rings. The molecule has 2 nitrogen and oxygen atoms in total. The van der Waals surface area contributed by atoms with Crippen LogP contribution in [0, 0.1) is 0 Å². The van der Waals surface area contributed by atoms with Crippen molar-refractivity contribution in [1.29, 1.82) is 0 Å². The van der Waals surface area contributed by atoms with Crippen molar-refractivity contribution < 1.29 is 9.46 Å². The molecule has 0 saturated heterocycles. The van der Waals surface area contributed by atoms with Crippen LogP contribution in [0.15, 0.2) is 12.7 Å². The Kier molecular flexibility index (Phi) is 7.53. The molecule has 72 valence electrons. The van der Waals surface area contributed by atoms with E-state index in [4.69, 9.17) is 4.89 Å². The average Bonchev–Trinajstić information content (AvgIpc) is 2.03. The molecule has 0 fully saturated rings. The van der Waals surface area contributed by atoms with Gasteiger partial charge in [-0.2, -0.15) is 0 Å². The molecule has 2 atom stereocenters. The summed E-state index contributed by atoms with van der Waals surface area (Å²) >= 11 is 0. The standard InChI is InChI=1S/C9H19O2P/c1-3-5-6-8-9(7-4-2)12(10)11/h4,9,12H,2-3,5-8H2,1H3,(H,10,11). The van der Waals surface area contributed by atoms with Crippen molar-refractivity contribution in [3.8, 4) is 0 Å². The molecule has 0 aromatic carbocycles. The Morgan fingerprint density at radius 1 is 1.58 bits per heavy atom. The number of hydrogen-bond acceptors (Lipinski definition) is 1. The van der Waals surface area contributed by atoms with Gasteiger partial charge in [-0.25, -0.2) is 0 Å². The fourth-order valence-electron chi connectivity index (χ4n) is 1.18. The van der Waals surface area contributed by atoms with Crippen LogP contribution in [0.2, 0.25) is 0 Å². The molecule has 0 bridgehead atoms. The predicted molar refractivity (Wildman–Crippen MR) is 54.0 cm³/mol. The first-order valence-electron chi connectivity index (χ1n) is 4.56. The number of allylic oxidation sites excluding steroid dienone is 1. The van der Waals surface area contributed by atoms with Crippen LogP contribution in [0.3, 0.4) is 0 Å². The lowest BCUT2D eigenvalue weighted by Gasteiger charge is -2.09. The van der Waals surface area contributed by atoms with Crippen LogP contribution in [0.1, 0.15) is 39.0 Å². The summed E-state index contributed by atoms with van der Waals surface area (Å²) in [7, 11) is -2.34. The van der Waals surface area contributed by atoms with Crippen molar-refractivity contribution in [1.82, 2.24) is 0 Å². The van der Waals surface area contributed by atoms with Gasteiger partial charge in [-0.3, -0.25) is 4.57 Å². The maximum Gasteiger partial charge on any atom is 0.192 e. The number of rotatable bonds is 7. The third-order valence-electron chi connectivity index (χ3n) is 1.96. The Balaban J connectivity index is 3.63. The average molecular weight is 190 g/mol. The van der Waals surface area contributed by atoms with Crippen LogP contribution >= 0.6 is 8.03 Å². The zero-order valence-corrected chi connectivity index (χ0v) is 8.75. The Morgan fingerprint density at radius 3 is 2.67 bits per heavy atom. The first-order valence-corrected chi connectivity index (χ1v) is 5.99. The van der Waals surface area contributed by atoms with Gasteiger partial charge < -0.3 is 4.89 Å². The minimum absolute atomic E-state index is 0.0287. The molecule has 0 rings (SSSR count). The molecule has 0 aliphatic heterocycles. The Bertz CT molecular complexity index is 145. The quantitative estimate of drug-likeness (QED) is 0.380. The van der Waals surface area contributed by atoms with Crippen molar-refractivity contribution in [3.05, 3.63) is 12.7 Å². The van der Waals surface area contributed by atoms with Crippen molar-refractivity contribution >= 4 is 8.03 Å². The van der Waals surface area contributed by atoms with E-state index in [1.165, 1.54) is 0 Å². The van der Waals surface area contributed by atoms with Crippen molar-refractivity contribution in [2.24, 2.45) is 0 Å². The third kappa shape index (κ3) is 5.56. The van der Waals surface area contributed by atoms with E-state index in [-0.39, 0.29) is 5.66 Å². The summed E-state index contributed by atoms with van der Waals surface area (Å²) in [6, 6.07) is 0. The lowest BCUT2D eigenvalue weighted by Crippen LogP contribution is -2.00. The first kappa shape index (κ1) is 11.9. The molecule has 0 aromatic rings. The largest absolute Gasteiger partial charge is 0.346 e. The lowest BCUT2D eigenvalue weighted by atomic mass is 10.1. The topological polar surface area (TPSA) is 37.3 Å². The van der Waals surface area contributed by atoms with Gasteiger partial charge >= 0.3 is 0 Å². The molecule has 0 aliphatic carbocycles. The van der Waals surface area contributed by atoms with E-state index in [9.17, 15) is 4.57 Å². The molecule has 0 saturated carbocycles. The Morgan fingerprint density at radius 2 is 2.25 bits per heavy atom. The van der Waals surface area contributed by atoms with Gasteiger partial charge in [-0.05, 0) is 12.8 Å². The minimum atomic E-state index is -2.34. The molecular formula is C9H19O2P. The third-order valence-corrected chi connectivity index (χ3v) is 3.18. The van der Waals surface area contributed by atoms with Gasteiger partial charge in [0.05, 0.1) is 0 Å². The second-order valence-corrected chi connectivity index (χ2v) is 4.55. The summed E-state index contributed by atoms with van der Waals surface area (Å²) in [4.78, 5) is 8.94. The van der Waals surface area contributed by atoms with Crippen LogP contribution in [0.5, 0.6) is 0 Å². The number of hydrogen-bond donors (Lipinski definition) is 1. The molecule has 12 heavy (non-hydrogen) atoms. The molecule has 2 unspecified atom stereocenters. The lowest BCUT2D eigenvalue weighted by molar-refractivity contribution is 0.479. The van der Waals surface area contributed by atoms with Gasteiger partial charge in [0, 0.05) is 5.66 Å². The Labute approximate surface area is 75.6 Å². The molecule has 0 aromatic heterocycles. The Hall–Kier alpha value is -0.0700. The van der Waals surface area contributed by atoms with E-state index >= 15 is 0 Å². The van der Waals surface area contributed by atoms with Gasteiger partial charge in [-0.1, -0.05) is 32.3 Å². The van der Waals surface area contributed by atoms with Crippen LogP contribution in [0.25, 0.3) is 0 Å². The molecule has 1 N–H and O–H groups in total. The van der Waals surface area contributed by atoms with Gasteiger partial charge in [-0.15, -0.1) is 6.58 Å². The highest BCUT2D eigenvalue weighted by Crippen LogP contribution is 2.29. The highest BCUT2D eigenvalue weighted by atomic mass is 31.1. The van der Waals surface area contributed by atoms with E-state index in [1.54, 1.807) is 6.08 Å². The molecule has 3 heteroatoms. The number of unbranched alkanes of at least 4 members (excludes halogenated alkanes) is 2. The van der Waals surface area contributed by atoms with E-state index < -0.39 is 8.03 Å². The minimum Gasteiger partial charge on any atom is -0.346 e. The van der Waals surface area contributed by atoms with Crippen molar-refractivity contribution in [2.75, 3.05) is 0 Å². The second kappa shape index (κ2) is 7.57. The molecule has 0 amide bonds. The molecule has 0 spiro atoms. The summed E-state index contributed by atoms with van der Waals surface area (Å²) in [6.45, 7) is 5.71. The maximum atomic E-state index is 10.8. The van der Waals surface area contributed by atoms with Gasteiger partial charge in [0.1, 0.15) is 0 Å². The monoisotopic (exact) mass is 190 g/mol. The van der Waals surface area contributed by atoms with Crippen LogP contribution < -0.4 is 0 Å². The smallest absolute Gasteiger partial charge is 0.192 e. The van der Waals surface area contributed by atoms with E-state index in [0.717, 1.165) is 25.7 Å². The van der Waals surface area contributed by atoms with E-state index in [0.29, 0.717) is 6.42 Å². The predicted octanol–water partition coefficient (Wildman–Crippen LogP) is 2.98. The normalized spacial score (nSPS) is 15.5. The summed E-state index contributed by atoms with van der Waals surface area (Å²) in [5, 5.41) is 0. The second-order valence-electron chi connectivity index (χ2n) is 3.06. The summed E-state index contributed by atoms with van der Waals surface area (Å²) < 4.78 is 10.8. The first-order chi connectivity index (χ1) is 5.72. The zero-order chi connectivity index (χ0) is 9.40. The summed E-state index contributed by atoms with van der Waals surface area (Å²) in [6.07, 6.45) is 6.66. The molecule has 0 radical (unpaired) electrons. The van der Waals surface area contributed by atoms with Gasteiger partial charge in [0.15, 0.2) is 8.03 Å². The van der Waals surface area contributed by atoms with Crippen LogP contribution in [-0.2, 0) is 4.57 Å². The fraction of sp³-hybridized carbons (Fsp3) is 0.778. The van der Waals surface area contributed by atoms with Gasteiger partial charge in [0.25, 0.3) is 0 Å². The summed E-state index contributed by atoms with van der Waals surface area (Å²) in [5.41, 5.74) is -0.0287. The van der Waals surface area contributed by atoms with Crippen LogP contribution in [-0.4, -0.2) is 10.6 Å². The molecule has 0 heterocycles. The summed E-state index contributed by atoms with van der Waals surface area (Å²) in [5.74, 6) is 0. The van der Waals surface area contributed by atoms with E-state index in [1.807, 2.05) is 0 Å². The fourth-order valence-corrected chi connectivity index (χ4v) is 2.00. The highest BCUT2D eigenvalue weighted by molar-refractivity contribution is 7.38. The maximum absolute atomic E-state index is 10.8. The van der Waals surface area contributed by atoms with E-state index in [2.05, 4.69) is 13.5 Å².